The van der Waals surface area contributed by atoms with Crippen molar-refractivity contribution in [2.24, 2.45) is 5.92 Å². The zero-order valence-electron chi connectivity index (χ0n) is 10.00. The summed E-state index contributed by atoms with van der Waals surface area (Å²) < 4.78 is 0. The molecular weight excluding hydrogens is 198 g/mol. The van der Waals surface area contributed by atoms with Gasteiger partial charge in [-0.25, -0.2) is 4.98 Å². The average molecular weight is 219 g/mol. The predicted molar refractivity (Wildman–Crippen MR) is 68.5 cm³/mol. The molecule has 2 rings (SSSR count). The van der Waals surface area contributed by atoms with Crippen LogP contribution >= 0.6 is 0 Å². The number of nitrogens with one attached hydrogen (secondary N) is 1. The highest BCUT2D eigenvalue weighted by Crippen LogP contribution is 2.25. The molecule has 1 saturated carbocycles. The largest absolute Gasteiger partial charge is 0.396 e. The maximum atomic E-state index is 5.97. The van der Waals surface area contributed by atoms with Gasteiger partial charge in [-0.05, 0) is 37.3 Å². The summed E-state index contributed by atoms with van der Waals surface area (Å²) in [6.07, 6.45) is 8.67. The van der Waals surface area contributed by atoms with Crippen molar-refractivity contribution >= 4 is 11.5 Å². The molecule has 0 atom stereocenters. The first-order valence-corrected chi connectivity index (χ1v) is 6.22. The lowest BCUT2D eigenvalue weighted by Gasteiger charge is -2.22. The first-order chi connectivity index (χ1) is 7.77. The van der Waals surface area contributed by atoms with Crippen molar-refractivity contribution < 1.29 is 0 Å². The molecule has 1 aliphatic rings. The van der Waals surface area contributed by atoms with Gasteiger partial charge in [0.15, 0.2) is 0 Å². The highest BCUT2D eigenvalue weighted by Gasteiger charge is 2.13. The van der Waals surface area contributed by atoms with Gasteiger partial charge in [0, 0.05) is 12.7 Å². The molecule has 0 amide bonds. The third-order valence-electron chi connectivity index (χ3n) is 3.49. The van der Waals surface area contributed by atoms with Crippen LogP contribution in [0.2, 0.25) is 0 Å². The van der Waals surface area contributed by atoms with E-state index in [-0.39, 0.29) is 0 Å². The fourth-order valence-corrected chi connectivity index (χ4v) is 2.34. The number of aryl methyl sites for hydroxylation is 1. The standard InChI is InChI=1S/C13H21N3/c1-10-7-8-15-13(12(10)14)16-9-11-5-3-2-4-6-11/h7-8,11H,2-6,9,14H2,1H3,(H,15,16). The normalized spacial score (nSPS) is 17.3. The second-order valence-corrected chi connectivity index (χ2v) is 4.78. The summed E-state index contributed by atoms with van der Waals surface area (Å²) in [5, 5.41) is 3.39. The second-order valence-electron chi connectivity index (χ2n) is 4.78. The van der Waals surface area contributed by atoms with Gasteiger partial charge in [-0.1, -0.05) is 19.3 Å². The second kappa shape index (κ2) is 5.19. The molecule has 1 heterocycles. The van der Waals surface area contributed by atoms with E-state index in [2.05, 4.69) is 10.3 Å². The van der Waals surface area contributed by atoms with Crippen LogP contribution in [-0.2, 0) is 0 Å². The summed E-state index contributed by atoms with van der Waals surface area (Å²) in [4.78, 5) is 4.29. The van der Waals surface area contributed by atoms with Crippen molar-refractivity contribution in [2.75, 3.05) is 17.6 Å². The Hall–Kier alpha value is -1.25. The van der Waals surface area contributed by atoms with Crippen LogP contribution in [0.1, 0.15) is 37.7 Å². The summed E-state index contributed by atoms with van der Waals surface area (Å²) in [6.45, 7) is 3.03. The van der Waals surface area contributed by atoms with E-state index in [9.17, 15) is 0 Å². The van der Waals surface area contributed by atoms with Crippen molar-refractivity contribution in [2.45, 2.75) is 39.0 Å². The van der Waals surface area contributed by atoms with Gasteiger partial charge in [-0.3, -0.25) is 0 Å². The molecule has 1 aromatic heterocycles. The van der Waals surface area contributed by atoms with E-state index >= 15 is 0 Å². The van der Waals surface area contributed by atoms with Gasteiger partial charge in [-0.2, -0.15) is 0 Å². The summed E-state index contributed by atoms with van der Waals surface area (Å²) in [7, 11) is 0. The molecule has 0 unspecified atom stereocenters. The molecule has 88 valence electrons. The lowest BCUT2D eigenvalue weighted by molar-refractivity contribution is 0.373. The molecule has 0 spiro atoms. The number of hydrogen-bond acceptors (Lipinski definition) is 3. The Labute approximate surface area is 97.5 Å². The molecule has 1 aliphatic carbocycles. The van der Waals surface area contributed by atoms with E-state index in [0.717, 1.165) is 29.5 Å². The van der Waals surface area contributed by atoms with E-state index in [1.54, 1.807) is 0 Å². The number of nitrogens with two attached hydrogens (primary N) is 1. The van der Waals surface area contributed by atoms with Gasteiger partial charge in [-0.15, -0.1) is 0 Å². The molecule has 0 bridgehead atoms. The van der Waals surface area contributed by atoms with Gasteiger partial charge in [0.25, 0.3) is 0 Å². The third-order valence-corrected chi connectivity index (χ3v) is 3.49. The fourth-order valence-electron chi connectivity index (χ4n) is 2.34. The van der Waals surface area contributed by atoms with E-state index in [1.807, 2.05) is 19.2 Å². The number of aromatic nitrogens is 1. The maximum absolute atomic E-state index is 5.97. The van der Waals surface area contributed by atoms with Gasteiger partial charge >= 0.3 is 0 Å². The molecule has 16 heavy (non-hydrogen) atoms. The Morgan fingerprint density at radius 1 is 1.38 bits per heavy atom. The monoisotopic (exact) mass is 219 g/mol. The van der Waals surface area contributed by atoms with Crippen LogP contribution < -0.4 is 11.1 Å². The molecule has 0 saturated heterocycles. The first kappa shape index (κ1) is 11.2. The zero-order valence-corrected chi connectivity index (χ0v) is 10.00. The van der Waals surface area contributed by atoms with Gasteiger partial charge in [0.1, 0.15) is 5.82 Å². The van der Waals surface area contributed by atoms with Crippen molar-refractivity contribution in [1.82, 2.24) is 4.98 Å². The van der Waals surface area contributed by atoms with Crippen LogP contribution in [-0.4, -0.2) is 11.5 Å². The molecule has 3 N–H and O–H groups in total. The fraction of sp³-hybridized carbons (Fsp3) is 0.615. The van der Waals surface area contributed by atoms with Crippen molar-refractivity contribution in [3.8, 4) is 0 Å². The summed E-state index contributed by atoms with van der Waals surface area (Å²) >= 11 is 0. The quantitative estimate of drug-likeness (QED) is 0.821. The number of nitrogens with zero attached hydrogens (tertiary/aromatic N) is 1. The number of anilines is 2. The lowest BCUT2D eigenvalue weighted by Crippen LogP contribution is -2.18. The van der Waals surface area contributed by atoms with Crippen LogP contribution in [0.25, 0.3) is 0 Å². The van der Waals surface area contributed by atoms with Crippen LogP contribution in [0.15, 0.2) is 12.3 Å². The molecule has 0 aromatic carbocycles. The smallest absolute Gasteiger partial charge is 0.149 e. The van der Waals surface area contributed by atoms with Crippen LogP contribution in [0, 0.1) is 12.8 Å². The van der Waals surface area contributed by atoms with Crippen LogP contribution in [0.5, 0.6) is 0 Å². The summed E-state index contributed by atoms with van der Waals surface area (Å²) in [6, 6.07) is 1.95. The summed E-state index contributed by atoms with van der Waals surface area (Å²) in [5.74, 6) is 1.65. The van der Waals surface area contributed by atoms with Crippen molar-refractivity contribution in [3.63, 3.8) is 0 Å². The zero-order chi connectivity index (χ0) is 11.4. The molecule has 1 fully saturated rings. The number of hydrogen-bond donors (Lipinski definition) is 2. The number of pyridine rings is 1. The topological polar surface area (TPSA) is 50.9 Å². The Bertz CT molecular complexity index is 343. The predicted octanol–water partition coefficient (Wildman–Crippen LogP) is 2.96. The molecule has 0 aliphatic heterocycles. The van der Waals surface area contributed by atoms with Gasteiger partial charge in [0.2, 0.25) is 0 Å². The average Bonchev–Trinajstić information content (AvgIpc) is 2.32. The minimum absolute atomic E-state index is 0.790. The van der Waals surface area contributed by atoms with E-state index in [1.165, 1.54) is 32.1 Å². The van der Waals surface area contributed by atoms with E-state index in [4.69, 9.17) is 5.73 Å². The molecule has 3 heteroatoms. The minimum Gasteiger partial charge on any atom is -0.396 e. The molecule has 0 radical (unpaired) electrons. The van der Waals surface area contributed by atoms with E-state index < -0.39 is 0 Å². The minimum atomic E-state index is 0.790. The number of rotatable bonds is 3. The van der Waals surface area contributed by atoms with Crippen molar-refractivity contribution in [1.29, 1.82) is 0 Å². The van der Waals surface area contributed by atoms with Crippen LogP contribution in [0.3, 0.4) is 0 Å². The third kappa shape index (κ3) is 2.65. The number of nitrogen functional groups attached to an aromatic ring is 1. The first-order valence-electron chi connectivity index (χ1n) is 6.22. The van der Waals surface area contributed by atoms with Gasteiger partial charge < -0.3 is 11.1 Å². The van der Waals surface area contributed by atoms with Crippen LogP contribution in [0.4, 0.5) is 11.5 Å². The van der Waals surface area contributed by atoms with Gasteiger partial charge in [0.05, 0.1) is 5.69 Å². The Morgan fingerprint density at radius 3 is 2.88 bits per heavy atom. The highest BCUT2D eigenvalue weighted by atomic mass is 15.0. The Balaban J connectivity index is 1.91. The molecule has 1 aromatic rings. The Morgan fingerprint density at radius 2 is 2.12 bits per heavy atom. The summed E-state index contributed by atoms with van der Waals surface area (Å²) in [5.41, 5.74) is 7.86. The SMILES string of the molecule is Cc1ccnc(NCC2CCCCC2)c1N. The van der Waals surface area contributed by atoms with E-state index in [0.29, 0.717) is 0 Å². The maximum Gasteiger partial charge on any atom is 0.149 e. The molecular formula is C13H21N3. The lowest BCUT2D eigenvalue weighted by atomic mass is 9.89. The van der Waals surface area contributed by atoms with Crippen molar-refractivity contribution in [3.05, 3.63) is 17.8 Å². The highest BCUT2D eigenvalue weighted by molar-refractivity contribution is 5.64. The molecule has 3 nitrogen and oxygen atoms in total. The Kier molecular flexibility index (Phi) is 3.65.